The number of nitrogens with zero attached hydrogens (tertiary/aromatic N) is 1. The maximum Gasteiger partial charge on any atom is 0.235 e. The van der Waals surface area contributed by atoms with Gasteiger partial charge in [-0.3, -0.25) is 4.79 Å². The Hall–Kier alpha value is -2.03. The standard InChI is InChI=1S/C19H20N2O3S3/c1-14-10-26-19(20-14)17(9-16-7-8-25-11-16)21-18(22)13-27(23,24)12-15-5-3-2-4-6-15/h2-8,10-11,17H,9,12-13H2,1H3,(H,21,22). The van der Waals surface area contributed by atoms with Gasteiger partial charge < -0.3 is 5.32 Å². The molecule has 0 aliphatic rings. The highest BCUT2D eigenvalue weighted by Crippen LogP contribution is 2.23. The molecule has 0 saturated carbocycles. The quantitative estimate of drug-likeness (QED) is 0.605. The summed E-state index contributed by atoms with van der Waals surface area (Å²) in [5.41, 5.74) is 2.65. The lowest BCUT2D eigenvalue weighted by Gasteiger charge is -2.16. The molecule has 8 heteroatoms. The summed E-state index contributed by atoms with van der Waals surface area (Å²) in [4.78, 5) is 16.9. The van der Waals surface area contributed by atoms with Crippen molar-refractivity contribution in [2.24, 2.45) is 0 Å². The van der Waals surface area contributed by atoms with Crippen LogP contribution in [0.2, 0.25) is 0 Å². The summed E-state index contributed by atoms with van der Waals surface area (Å²) in [5.74, 6) is -1.18. The SMILES string of the molecule is Cc1csc(C(Cc2ccsc2)NC(=O)CS(=O)(=O)Cc2ccccc2)n1. The summed E-state index contributed by atoms with van der Waals surface area (Å²) >= 11 is 3.06. The van der Waals surface area contributed by atoms with E-state index in [0.717, 1.165) is 16.3 Å². The van der Waals surface area contributed by atoms with Gasteiger partial charge in [0.15, 0.2) is 9.84 Å². The number of thiophene rings is 1. The molecule has 3 aromatic rings. The maximum absolute atomic E-state index is 12.5. The highest BCUT2D eigenvalue weighted by molar-refractivity contribution is 7.91. The van der Waals surface area contributed by atoms with Gasteiger partial charge in [0.05, 0.1) is 11.8 Å². The number of carbonyl (C=O) groups is 1. The summed E-state index contributed by atoms with van der Waals surface area (Å²) in [6.45, 7) is 1.90. The lowest BCUT2D eigenvalue weighted by molar-refractivity contribution is -0.119. The van der Waals surface area contributed by atoms with Gasteiger partial charge in [0, 0.05) is 17.5 Å². The molecule has 27 heavy (non-hydrogen) atoms. The van der Waals surface area contributed by atoms with Crippen LogP contribution >= 0.6 is 22.7 Å². The molecule has 0 radical (unpaired) electrons. The number of hydrogen-bond acceptors (Lipinski definition) is 6. The van der Waals surface area contributed by atoms with E-state index in [9.17, 15) is 13.2 Å². The number of benzene rings is 1. The van der Waals surface area contributed by atoms with Crippen LogP contribution in [0.3, 0.4) is 0 Å². The van der Waals surface area contributed by atoms with Crippen molar-refractivity contribution >= 4 is 38.4 Å². The van der Waals surface area contributed by atoms with Crippen molar-refractivity contribution in [1.82, 2.24) is 10.3 Å². The first-order valence-corrected chi connectivity index (χ1v) is 12.0. The van der Waals surface area contributed by atoms with Gasteiger partial charge in [-0.15, -0.1) is 11.3 Å². The fraction of sp³-hybridized carbons (Fsp3) is 0.263. The monoisotopic (exact) mass is 420 g/mol. The zero-order valence-electron chi connectivity index (χ0n) is 14.8. The molecule has 0 fully saturated rings. The minimum Gasteiger partial charge on any atom is -0.346 e. The maximum atomic E-state index is 12.5. The Balaban J connectivity index is 1.68. The van der Waals surface area contributed by atoms with E-state index in [2.05, 4.69) is 10.3 Å². The summed E-state index contributed by atoms with van der Waals surface area (Å²) in [7, 11) is -3.55. The highest BCUT2D eigenvalue weighted by atomic mass is 32.2. The number of sulfone groups is 1. The predicted octanol–water partition coefficient (Wildman–Crippen LogP) is 3.53. The van der Waals surface area contributed by atoms with Crippen molar-refractivity contribution in [3.8, 4) is 0 Å². The van der Waals surface area contributed by atoms with Crippen molar-refractivity contribution in [3.05, 3.63) is 74.4 Å². The Kier molecular flexibility index (Phi) is 6.41. The second kappa shape index (κ2) is 8.77. The van der Waals surface area contributed by atoms with E-state index >= 15 is 0 Å². The molecule has 0 saturated heterocycles. The van der Waals surface area contributed by atoms with Gasteiger partial charge in [0.2, 0.25) is 5.91 Å². The van der Waals surface area contributed by atoms with Crippen LogP contribution in [0.1, 0.15) is 27.9 Å². The van der Waals surface area contributed by atoms with Crippen molar-refractivity contribution in [1.29, 1.82) is 0 Å². The fourth-order valence-corrected chi connectivity index (χ4v) is 5.51. The van der Waals surface area contributed by atoms with Crippen molar-refractivity contribution in [3.63, 3.8) is 0 Å². The summed E-state index contributed by atoms with van der Waals surface area (Å²) in [6.07, 6.45) is 0.584. The first-order valence-electron chi connectivity index (χ1n) is 8.38. The van der Waals surface area contributed by atoms with E-state index in [0.29, 0.717) is 12.0 Å². The van der Waals surface area contributed by atoms with Crippen LogP contribution in [0.5, 0.6) is 0 Å². The number of aryl methyl sites for hydroxylation is 1. The molecule has 1 unspecified atom stereocenters. The van der Waals surface area contributed by atoms with Gasteiger partial charge in [0.25, 0.3) is 0 Å². The van der Waals surface area contributed by atoms with Crippen LogP contribution < -0.4 is 5.32 Å². The van der Waals surface area contributed by atoms with Crippen LogP contribution in [-0.2, 0) is 26.8 Å². The molecule has 142 valence electrons. The molecule has 1 N–H and O–H groups in total. The van der Waals surface area contributed by atoms with E-state index < -0.39 is 21.5 Å². The minimum absolute atomic E-state index is 0.146. The van der Waals surface area contributed by atoms with Gasteiger partial charge in [-0.25, -0.2) is 13.4 Å². The third-order valence-electron chi connectivity index (χ3n) is 3.87. The Labute approximate surface area is 167 Å². The first-order chi connectivity index (χ1) is 12.9. The summed E-state index contributed by atoms with van der Waals surface area (Å²) < 4.78 is 24.8. The van der Waals surface area contributed by atoms with Crippen LogP contribution in [0.15, 0.2) is 52.5 Å². The predicted molar refractivity (Wildman–Crippen MR) is 110 cm³/mol. The van der Waals surface area contributed by atoms with Crippen LogP contribution in [0, 0.1) is 6.92 Å². The van der Waals surface area contributed by atoms with Gasteiger partial charge in [-0.1, -0.05) is 30.3 Å². The Morgan fingerprint density at radius 2 is 1.93 bits per heavy atom. The molecule has 5 nitrogen and oxygen atoms in total. The number of rotatable bonds is 8. The molecule has 0 aliphatic carbocycles. The molecular formula is C19H20N2O3S3. The Bertz CT molecular complexity index is 980. The van der Waals surface area contributed by atoms with Crippen LogP contribution in [0.4, 0.5) is 0 Å². The molecule has 1 atom stereocenters. The highest BCUT2D eigenvalue weighted by Gasteiger charge is 2.23. The van der Waals surface area contributed by atoms with E-state index in [4.69, 9.17) is 0 Å². The smallest absolute Gasteiger partial charge is 0.235 e. The number of carbonyl (C=O) groups excluding carboxylic acids is 1. The third kappa shape index (κ3) is 5.98. The second-order valence-electron chi connectivity index (χ2n) is 6.30. The molecule has 0 bridgehead atoms. The van der Waals surface area contributed by atoms with Gasteiger partial charge in [-0.2, -0.15) is 11.3 Å². The molecular weight excluding hydrogens is 400 g/mol. The van der Waals surface area contributed by atoms with Crippen LogP contribution in [-0.4, -0.2) is 25.1 Å². The van der Waals surface area contributed by atoms with E-state index in [1.54, 1.807) is 35.6 Å². The fourth-order valence-electron chi connectivity index (χ4n) is 2.69. The lowest BCUT2D eigenvalue weighted by Crippen LogP contribution is -2.35. The zero-order chi connectivity index (χ0) is 19.3. The summed E-state index contributed by atoms with van der Waals surface area (Å²) in [5, 5.41) is 9.57. The zero-order valence-corrected chi connectivity index (χ0v) is 17.2. The van der Waals surface area contributed by atoms with Crippen molar-refractivity contribution in [2.45, 2.75) is 25.1 Å². The third-order valence-corrected chi connectivity index (χ3v) is 7.15. The van der Waals surface area contributed by atoms with Gasteiger partial charge in [-0.05, 0) is 34.9 Å². The average molecular weight is 421 g/mol. The van der Waals surface area contributed by atoms with Gasteiger partial charge in [0.1, 0.15) is 10.8 Å². The largest absolute Gasteiger partial charge is 0.346 e. The molecule has 2 heterocycles. The Morgan fingerprint density at radius 3 is 2.56 bits per heavy atom. The molecule has 1 amide bonds. The number of hydrogen-bond donors (Lipinski definition) is 1. The van der Waals surface area contributed by atoms with Crippen molar-refractivity contribution < 1.29 is 13.2 Å². The van der Waals surface area contributed by atoms with Crippen molar-refractivity contribution in [2.75, 3.05) is 5.75 Å². The van der Waals surface area contributed by atoms with Crippen LogP contribution in [0.25, 0.3) is 0 Å². The molecule has 1 aromatic carbocycles. The Morgan fingerprint density at radius 1 is 1.15 bits per heavy atom. The lowest BCUT2D eigenvalue weighted by atomic mass is 10.1. The minimum atomic E-state index is -3.55. The number of aromatic nitrogens is 1. The number of amides is 1. The average Bonchev–Trinajstić information content (AvgIpc) is 3.25. The molecule has 0 aliphatic heterocycles. The topological polar surface area (TPSA) is 76.1 Å². The molecule has 2 aromatic heterocycles. The number of thiazole rings is 1. The molecule has 3 rings (SSSR count). The second-order valence-corrected chi connectivity index (χ2v) is 10.0. The first kappa shape index (κ1) is 19.7. The van der Waals surface area contributed by atoms with E-state index in [1.807, 2.05) is 35.2 Å². The molecule has 0 spiro atoms. The summed E-state index contributed by atoms with van der Waals surface area (Å²) in [6, 6.07) is 10.5. The van der Waals surface area contributed by atoms with Gasteiger partial charge >= 0.3 is 0 Å². The number of nitrogens with one attached hydrogen (secondary N) is 1. The normalized spacial score (nSPS) is 12.6. The van der Waals surface area contributed by atoms with E-state index in [1.165, 1.54) is 11.3 Å². The van der Waals surface area contributed by atoms with E-state index in [-0.39, 0.29) is 11.8 Å².